The van der Waals surface area contributed by atoms with Gasteiger partial charge < -0.3 is 9.15 Å². The molecular formula is C22H18N6O5S. The van der Waals surface area contributed by atoms with Crippen molar-refractivity contribution >= 4 is 26.8 Å². The van der Waals surface area contributed by atoms with E-state index in [1.54, 1.807) is 42.7 Å². The zero-order valence-corrected chi connectivity index (χ0v) is 18.8. The Morgan fingerprint density at radius 1 is 1.03 bits per heavy atom. The van der Waals surface area contributed by atoms with E-state index in [0.29, 0.717) is 22.8 Å². The minimum absolute atomic E-state index is 0.0175. The second kappa shape index (κ2) is 8.15. The van der Waals surface area contributed by atoms with Gasteiger partial charge in [0.15, 0.2) is 11.4 Å². The van der Waals surface area contributed by atoms with Crippen molar-refractivity contribution < 1.29 is 17.6 Å². The molecule has 34 heavy (non-hydrogen) atoms. The Bertz CT molecular complexity index is 1650. The standard InChI is InChI=1S/C22H18N6O5S/c1-13-14(2)28(12-23-13)20-9-10-21(26-25-20)32-16-5-3-15(4-6-16)27-34(30,31)17-7-8-19-18(11-17)24-22(29)33-19/h3-12,27H,1-2H3,(H,24,29). The van der Waals surface area contributed by atoms with Gasteiger partial charge in [0.1, 0.15) is 12.1 Å². The molecule has 0 amide bonds. The maximum Gasteiger partial charge on any atom is 0.417 e. The monoisotopic (exact) mass is 478 g/mol. The van der Waals surface area contributed by atoms with Gasteiger partial charge in [-0.3, -0.25) is 14.3 Å². The summed E-state index contributed by atoms with van der Waals surface area (Å²) in [6.45, 7) is 3.86. The SMILES string of the molecule is Cc1ncn(-c2ccc(Oc3ccc(NS(=O)(=O)c4ccc5oc(=O)[nH]c5c4)cc3)nn2)c1C. The van der Waals surface area contributed by atoms with Crippen LogP contribution in [0, 0.1) is 13.8 Å². The summed E-state index contributed by atoms with van der Waals surface area (Å²) >= 11 is 0. The molecule has 3 aromatic heterocycles. The predicted octanol–water partition coefficient (Wildman–Crippen LogP) is 3.31. The summed E-state index contributed by atoms with van der Waals surface area (Å²) in [5.74, 6) is 0.707. The molecule has 0 atom stereocenters. The van der Waals surface area contributed by atoms with Gasteiger partial charge in [-0.1, -0.05) is 0 Å². The van der Waals surface area contributed by atoms with E-state index in [1.165, 1.54) is 18.2 Å². The lowest BCUT2D eigenvalue weighted by atomic mass is 10.3. The van der Waals surface area contributed by atoms with Gasteiger partial charge in [0.25, 0.3) is 10.0 Å². The van der Waals surface area contributed by atoms with E-state index in [-0.39, 0.29) is 16.4 Å². The number of H-pyrrole nitrogens is 1. The van der Waals surface area contributed by atoms with E-state index in [9.17, 15) is 13.2 Å². The Kier molecular flexibility index (Phi) is 5.13. The molecule has 0 bridgehead atoms. The fraction of sp³-hybridized carbons (Fsp3) is 0.0909. The van der Waals surface area contributed by atoms with Crippen molar-refractivity contribution in [1.82, 2.24) is 24.7 Å². The number of nitrogens with one attached hydrogen (secondary N) is 2. The Morgan fingerprint density at radius 3 is 2.50 bits per heavy atom. The van der Waals surface area contributed by atoms with E-state index in [1.807, 2.05) is 18.4 Å². The lowest BCUT2D eigenvalue weighted by Gasteiger charge is -2.10. The van der Waals surface area contributed by atoms with E-state index < -0.39 is 15.8 Å². The van der Waals surface area contributed by atoms with Crippen molar-refractivity contribution in [2.24, 2.45) is 0 Å². The summed E-state index contributed by atoms with van der Waals surface area (Å²) < 4.78 is 40.3. The van der Waals surface area contributed by atoms with Gasteiger partial charge in [-0.25, -0.2) is 18.2 Å². The minimum atomic E-state index is -3.88. The van der Waals surface area contributed by atoms with Crippen molar-refractivity contribution in [2.45, 2.75) is 18.7 Å². The number of aryl methyl sites for hydroxylation is 1. The zero-order valence-electron chi connectivity index (χ0n) is 18.0. The van der Waals surface area contributed by atoms with E-state index in [0.717, 1.165) is 11.4 Å². The van der Waals surface area contributed by atoms with Crippen LogP contribution in [0.1, 0.15) is 11.4 Å². The highest BCUT2D eigenvalue weighted by atomic mass is 32.2. The fourth-order valence-corrected chi connectivity index (χ4v) is 4.33. The van der Waals surface area contributed by atoms with Crippen molar-refractivity contribution in [3.8, 4) is 17.4 Å². The molecule has 0 saturated carbocycles. The molecule has 2 aromatic carbocycles. The molecule has 0 fully saturated rings. The maximum atomic E-state index is 12.7. The lowest BCUT2D eigenvalue weighted by molar-refractivity contribution is 0.454. The quantitative estimate of drug-likeness (QED) is 0.378. The molecule has 172 valence electrons. The van der Waals surface area contributed by atoms with Crippen LogP contribution in [0.4, 0.5) is 5.69 Å². The number of fused-ring (bicyclic) bond motifs is 1. The summed E-state index contributed by atoms with van der Waals surface area (Å²) in [6, 6.07) is 13.9. The smallest absolute Gasteiger partial charge is 0.417 e. The number of benzene rings is 2. The van der Waals surface area contributed by atoms with Crippen molar-refractivity contribution in [1.29, 1.82) is 0 Å². The third-order valence-corrected chi connectivity index (χ3v) is 6.53. The van der Waals surface area contributed by atoms with E-state index in [4.69, 9.17) is 9.15 Å². The molecule has 0 spiro atoms. The van der Waals surface area contributed by atoms with Crippen molar-refractivity contribution in [3.63, 3.8) is 0 Å². The largest absolute Gasteiger partial charge is 0.438 e. The molecule has 12 heteroatoms. The fourth-order valence-electron chi connectivity index (χ4n) is 3.25. The highest BCUT2D eigenvalue weighted by molar-refractivity contribution is 7.92. The van der Waals surface area contributed by atoms with Gasteiger partial charge in [-0.05, 0) is 62.4 Å². The number of aromatic nitrogens is 5. The number of oxazole rings is 1. The molecular weight excluding hydrogens is 460 g/mol. The van der Waals surface area contributed by atoms with Gasteiger partial charge in [0.2, 0.25) is 5.88 Å². The molecule has 0 unspecified atom stereocenters. The van der Waals surface area contributed by atoms with E-state index in [2.05, 4.69) is 24.9 Å². The molecule has 5 aromatic rings. The first-order chi connectivity index (χ1) is 16.3. The molecule has 0 aliphatic carbocycles. The molecule has 0 radical (unpaired) electrons. The first-order valence-electron chi connectivity index (χ1n) is 10.1. The highest BCUT2D eigenvalue weighted by Crippen LogP contribution is 2.24. The second-order valence-electron chi connectivity index (χ2n) is 7.42. The summed E-state index contributed by atoms with van der Waals surface area (Å²) in [7, 11) is -3.88. The van der Waals surface area contributed by atoms with Crippen LogP contribution in [0.5, 0.6) is 11.6 Å². The third kappa shape index (κ3) is 4.13. The summed E-state index contributed by atoms with van der Waals surface area (Å²) in [4.78, 5) is 18.0. The van der Waals surface area contributed by atoms with Gasteiger partial charge in [0, 0.05) is 17.4 Å². The second-order valence-corrected chi connectivity index (χ2v) is 9.10. The Balaban J connectivity index is 1.28. The van der Waals surface area contributed by atoms with Crippen LogP contribution in [0.3, 0.4) is 0 Å². The van der Waals surface area contributed by atoms with Crippen LogP contribution in [0.25, 0.3) is 16.9 Å². The molecule has 0 aliphatic heterocycles. The topological polar surface area (TPSA) is 145 Å². The van der Waals surface area contributed by atoms with Crippen LogP contribution < -0.4 is 15.2 Å². The number of sulfonamides is 1. The molecule has 5 rings (SSSR count). The number of nitrogens with zero attached hydrogens (tertiary/aromatic N) is 4. The van der Waals surface area contributed by atoms with Gasteiger partial charge in [-0.2, -0.15) is 0 Å². The summed E-state index contributed by atoms with van der Waals surface area (Å²) in [5.41, 5.74) is 2.79. The first-order valence-corrected chi connectivity index (χ1v) is 11.5. The van der Waals surface area contributed by atoms with Gasteiger partial charge in [0.05, 0.1) is 16.1 Å². The Morgan fingerprint density at radius 2 is 1.82 bits per heavy atom. The number of ether oxygens (including phenoxy) is 1. The minimum Gasteiger partial charge on any atom is -0.438 e. The molecule has 0 aliphatic rings. The number of hydrogen-bond donors (Lipinski definition) is 2. The molecule has 11 nitrogen and oxygen atoms in total. The van der Waals surface area contributed by atoms with Crippen LogP contribution >= 0.6 is 0 Å². The summed E-state index contributed by atoms with van der Waals surface area (Å²) in [6.07, 6.45) is 1.68. The van der Waals surface area contributed by atoms with E-state index >= 15 is 0 Å². The Labute approximate surface area is 193 Å². The highest BCUT2D eigenvalue weighted by Gasteiger charge is 2.16. The van der Waals surface area contributed by atoms with Crippen LogP contribution in [-0.4, -0.2) is 33.2 Å². The molecule has 0 saturated heterocycles. The molecule has 2 N–H and O–H groups in total. The third-order valence-electron chi connectivity index (χ3n) is 5.15. The average Bonchev–Trinajstić information content (AvgIpc) is 3.36. The maximum absolute atomic E-state index is 12.7. The number of aromatic amines is 1. The van der Waals surface area contributed by atoms with Crippen LogP contribution in [0.2, 0.25) is 0 Å². The zero-order chi connectivity index (χ0) is 23.9. The predicted molar refractivity (Wildman–Crippen MR) is 123 cm³/mol. The number of hydrogen-bond acceptors (Lipinski definition) is 8. The van der Waals surface area contributed by atoms with Gasteiger partial charge in [-0.15, -0.1) is 10.2 Å². The van der Waals surface area contributed by atoms with Gasteiger partial charge >= 0.3 is 5.76 Å². The molecule has 3 heterocycles. The average molecular weight is 478 g/mol. The Hall–Kier alpha value is -4.45. The van der Waals surface area contributed by atoms with Crippen molar-refractivity contribution in [3.05, 3.63) is 82.9 Å². The first kappa shape index (κ1) is 21.4. The van der Waals surface area contributed by atoms with Crippen molar-refractivity contribution in [2.75, 3.05) is 4.72 Å². The number of anilines is 1. The summed E-state index contributed by atoms with van der Waals surface area (Å²) in [5, 5.41) is 8.25. The normalized spacial score (nSPS) is 11.6. The number of imidazole rings is 1. The lowest BCUT2D eigenvalue weighted by Crippen LogP contribution is -2.12. The number of rotatable bonds is 6. The van der Waals surface area contributed by atoms with Crippen LogP contribution in [0.15, 0.2) is 75.0 Å². The van der Waals surface area contributed by atoms with Crippen LogP contribution in [-0.2, 0) is 10.0 Å².